The van der Waals surface area contributed by atoms with Crippen LogP contribution in [0.3, 0.4) is 0 Å². The predicted octanol–water partition coefficient (Wildman–Crippen LogP) is 2.97. The summed E-state index contributed by atoms with van der Waals surface area (Å²) in [6, 6.07) is 6.44. The first-order valence-corrected chi connectivity index (χ1v) is 9.20. The van der Waals surface area contributed by atoms with Gasteiger partial charge < -0.3 is 19.7 Å². The van der Waals surface area contributed by atoms with Crippen molar-refractivity contribution in [2.75, 3.05) is 13.2 Å². The highest BCUT2D eigenvalue weighted by Gasteiger charge is 2.41. The highest BCUT2D eigenvalue weighted by atomic mass is 16.7. The van der Waals surface area contributed by atoms with Gasteiger partial charge in [-0.3, -0.25) is 9.59 Å². The molecule has 28 heavy (non-hydrogen) atoms. The molecule has 0 aromatic heterocycles. The Morgan fingerprint density at radius 3 is 2.07 bits per heavy atom. The van der Waals surface area contributed by atoms with Crippen LogP contribution in [-0.2, 0) is 15.9 Å². The van der Waals surface area contributed by atoms with E-state index >= 15 is 0 Å². The molecule has 6 heteroatoms. The number of ether oxygens (including phenoxy) is 2. The molecule has 1 saturated heterocycles. The number of hydrogen-bond acceptors (Lipinski definition) is 6. The zero-order valence-electron chi connectivity index (χ0n) is 15.2. The van der Waals surface area contributed by atoms with Crippen molar-refractivity contribution < 1.29 is 29.3 Å². The molecule has 1 heterocycles. The molecule has 0 radical (unpaired) electrons. The summed E-state index contributed by atoms with van der Waals surface area (Å²) in [5.41, 5.74) is 1.83. The van der Waals surface area contributed by atoms with Crippen molar-refractivity contribution in [3.63, 3.8) is 0 Å². The highest BCUT2D eigenvalue weighted by Crippen LogP contribution is 2.47. The van der Waals surface area contributed by atoms with E-state index in [1.165, 1.54) is 0 Å². The maximum Gasteiger partial charge on any atom is 0.198 e. The number of hydrogen-bond donors (Lipinski definition) is 2. The molecule has 0 amide bonds. The van der Waals surface area contributed by atoms with Crippen LogP contribution in [0.4, 0.5) is 0 Å². The van der Waals surface area contributed by atoms with Gasteiger partial charge in [0.25, 0.3) is 0 Å². The molecule has 0 unspecified atom stereocenters. The van der Waals surface area contributed by atoms with E-state index in [4.69, 9.17) is 9.47 Å². The number of phenolic OH excluding ortho intramolecular Hbond substituents is 2. The van der Waals surface area contributed by atoms with E-state index in [1.807, 2.05) is 6.92 Å². The molecule has 0 bridgehead atoms. The highest BCUT2D eigenvalue weighted by molar-refractivity contribution is 6.30. The SMILES string of the molecule is CC1(C2=Cc3c(O)c4c(c(O)c3CC2)C(=O)c2ccccc2C4=O)OCCO1. The minimum absolute atomic E-state index is 0.114. The molecule has 2 aromatic carbocycles. The molecule has 1 aliphatic heterocycles. The van der Waals surface area contributed by atoms with Crippen LogP contribution in [0.5, 0.6) is 11.5 Å². The van der Waals surface area contributed by atoms with Crippen molar-refractivity contribution >= 4 is 17.6 Å². The average Bonchev–Trinajstić information content (AvgIpc) is 3.16. The second kappa shape index (κ2) is 5.77. The molecule has 6 nitrogen and oxygen atoms in total. The topological polar surface area (TPSA) is 93.1 Å². The average molecular weight is 378 g/mol. The monoisotopic (exact) mass is 378 g/mol. The van der Waals surface area contributed by atoms with Crippen LogP contribution < -0.4 is 0 Å². The first kappa shape index (κ1) is 17.2. The second-order valence-electron chi connectivity index (χ2n) is 7.36. The summed E-state index contributed by atoms with van der Waals surface area (Å²) in [7, 11) is 0. The minimum Gasteiger partial charge on any atom is -0.507 e. The van der Waals surface area contributed by atoms with Gasteiger partial charge in [0.05, 0.1) is 24.3 Å². The van der Waals surface area contributed by atoms with Crippen molar-refractivity contribution in [3.8, 4) is 11.5 Å². The van der Waals surface area contributed by atoms with Gasteiger partial charge in [0.1, 0.15) is 11.5 Å². The fourth-order valence-electron chi connectivity index (χ4n) is 4.36. The van der Waals surface area contributed by atoms with Gasteiger partial charge in [-0.2, -0.15) is 0 Å². The Morgan fingerprint density at radius 1 is 0.893 bits per heavy atom. The summed E-state index contributed by atoms with van der Waals surface area (Å²) in [5.74, 6) is -2.33. The lowest BCUT2D eigenvalue weighted by molar-refractivity contribution is -0.111. The maximum absolute atomic E-state index is 13.0. The molecule has 0 atom stereocenters. The van der Waals surface area contributed by atoms with E-state index in [2.05, 4.69) is 0 Å². The van der Waals surface area contributed by atoms with Crippen LogP contribution in [0.25, 0.3) is 6.08 Å². The van der Waals surface area contributed by atoms with Crippen LogP contribution >= 0.6 is 0 Å². The van der Waals surface area contributed by atoms with Crippen LogP contribution in [0.15, 0.2) is 29.8 Å². The van der Waals surface area contributed by atoms with E-state index in [0.29, 0.717) is 37.2 Å². The summed E-state index contributed by atoms with van der Waals surface area (Å²) >= 11 is 0. The molecule has 3 aliphatic rings. The number of carbonyl (C=O) groups is 2. The first-order valence-electron chi connectivity index (χ1n) is 9.20. The van der Waals surface area contributed by atoms with E-state index in [1.54, 1.807) is 30.3 Å². The summed E-state index contributed by atoms with van der Waals surface area (Å²) in [6.07, 6.45) is 2.66. The Kier molecular flexibility index (Phi) is 3.53. The van der Waals surface area contributed by atoms with Gasteiger partial charge in [0.15, 0.2) is 17.4 Å². The Morgan fingerprint density at radius 2 is 1.46 bits per heavy atom. The molecular formula is C22H18O6. The van der Waals surface area contributed by atoms with E-state index in [9.17, 15) is 19.8 Å². The summed E-state index contributed by atoms with van der Waals surface area (Å²) in [6.45, 7) is 2.77. The Balaban J connectivity index is 1.74. The van der Waals surface area contributed by atoms with Crippen LogP contribution in [0.2, 0.25) is 0 Å². The number of phenols is 2. The van der Waals surface area contributed by atoms with Gasteiger partial charge in [-0.1, -0.05) is 24.3 Å². The zero-order valence-corrected chi connectivity index (χ0v) is 15.2. The Hall–Kier alpha value is -2.96. The summed E-state index contributed by atoms with van der Waals surface area (Å²) in [5, 5.41) is 21.8. The third-order valence-electron chi connectivity index (χ3n) is 5.84. The number of aromatic hydroxyl groups is 2. The van der Waals surface area contributed by atoms with Gasteiger partial charge in [0.2, 0.25) is 0 Å². The lowest BCUT2D eigenvalue weighted by Crippen LogP contribution is -2.30. The fourth-order valence-corrected chi connectivity index (χ4v) is 4.36. The molecule has 1 fully saturated rings. The molecule has 2 N–H and O–H groups in total. The molecule has 2 aliphatic carbocycles. The minimum atomic E-state index is -0.887. The Bertz CT molecular complexity index is 1090. The van der Waals surface area contributed by atoms with Crippen LogP contribution in [0, 0.1) is 0 Å². The van der Waals surface area contributed by atoms with Crippen molar-refractivity contribution in [3.05, 3.63) is 63.2 Å². The smallest absolute Gasteiger partial charge is 0.198 e. The lowest BCUT2D eigenvalue weighted by Gasteiger charge is -2.31. The summed E-state index contributed by atoms with van der Waals surface area (Å²) in [4.78, 5) is 26.0. The number of carbonyl (C=O) groups excluding carboxylic acids is 2. The molecule has 0 spiro atoms. The molecule has 142 valence electrons. The third kappa shape index (κ3) is 2.16. The van der Waals surface area contributed by atoms with E-state index < -0.39 is 17.4 Å². The maximum atomic E-state index is 13.0. The fraction of sp³-hybridized carbons (Fsp3) is 0.273. The van der Waals surface area contributed by atoms with Gasteiger partial charge in [-0.05, 0) is 31.4 Å². The number of benzene rings is 2. The van der Waals surface area contributed by atoms with Gasteiger partial charge in [0, 0.05) is 22.3 Å². The van der Waals surface area contributed by atoms with Gasteiger partial charge in [-0.15, -0.1) is 0 Å². The quantitative estimate of drug-likeness (QED) is 0.633. The first-order chi connectivity index (χ1) is 13.4. The normalized spacial score (nSPS) is 19.7. The number of rotatable bonds is 1. The van der Waals surface area contributed by atoms with Crippen LogP contribution in [-0.4, -0.2) is 40.8 Å². The van der Waals surface area contributed by atoms with E-state index in [-0.39, 0.29) is 33.8 Å². The third-order valence-corrected chi connectivity index (χ3v) is 5.84. The molecule has 2 aromatic rings. The molecule has 5 rings (SSSR count). The number of ketones is 2. The van der Waals surface area contributed by atoms with Gasteiger partial charge >= 0.3 is 0 Å². The van der Waals surface area contributed by atoms with E-state index in [0.717, 1.165) is 5.57 Å². The Labute approximate surface area is 161 Å². The van der Waals surface area contributed by atoms with Gasteiger partial charge in [-0.25, -0.2) is 0 Å². The second-order valence-corrected chi connectivity index (χ2v) is 7.36. The molecule has 0 saturated carbocycles. The standard InChI is InChI=1S/C22H18O6/c1-22(27-8-9-28-22)11-6-7-14-15(10-11)21(26)17-16(20(14)25)18(23)12-4-2-3-5-13(12)19(17)24/h2-5,10,25-26H,6-9H2,1H3. The van der Waals surface area contributed by atoms with Crippen molar-refractivity contribution in [1.82, 2.24) is 0 Å². The van der Waals surface area contributed by atoms with Crippen molar-refractivity contribution in [2.45, 2.75) is 25.6 Å². The predicted molar refractivity (Wildman–Crippen MR) is 99.7 cm³/mol. The lowest BCUT2D eigenvalue weighted by atomic mass is 9.78. The molecular weight excluding hydrogens is 360 g/mol. The van der Waals surface area contributed by atoms with Crippen molar-refractivity contribution in [2.24, 2.45) is 0 Å². The largest absolute Gasteiger partial charge is 0.507 e. The zero-order chi connectivity index (χ0) is 19.6. The van der Waals surface area contributed by atoms with Crippen LogP contribution in [0.1, 0.15) is 56.3 Å². The van der Waals surface area contributed by atoms with Crippen molar-refractivity contribution in [1.29, 1.82) is 0 Å². The summed E-state index contributed by atoms with van der Waals surface area (Å²) < 4.78 is 11.4. The number of fused-ring (bicyclic) bond motifs is 3.